The van der Waals surface area contributed by atoms with E-state index in [0.717, 1.165) is 50.4 Å². The van der Waals surface area contributed by atoms with Gasteiger partial charge in [0.1, 0.15) is 6.61 Å². The van der Waals surface area contributed by atoms with E-state index < -0.39 is 5.60 Å². The van der Waals surface area contributed by atoms with Crippen LogP contribution in [-0.4, -0.2) is 54.9 Å². The number of carbonyl (C=O) groups is 1. The first-order valence-corrected chi connectivity index (χ1v) is 8.77. The summed E-state index contributed by atoms with van der Waals surface area (Å²) in [7, 11) is 0. The highest BCUT2D eigenvalue weighted by Gasteiger charge is 2.46. The van der Waals surface area contributed by atoms with Crippen molar-refractivity contribution in [3.8, 4) is 11.5 Å². The molecular formula is C18H25N3O3. The van der Waals surface area contributed by atoms with E-state index in [2.05, 4.69) is 10.6 Å². The number of ether oxygens (including phenoxy) is 2. The number of amides is 2. The van der Waals surface area contributed by atoms with Crippen molar-refractivity contribution < 1.29 is 14.3 Å². The van der Waals surface area contributed by atoms with E-state index in [4.69, 9.17) is 9.47 Å². The number of fused-ring (bicyclic) bond motifs is 1. The fraction of sp³-hybridized carbons (Fsp3) is 0.611. The maximum absolute atomic E-state index is 12.7. The Balaban J connectivity index is 1.39. The van der Waals surface area contributed by atoms with Crippen molar-refractivity contribution in [1.82, 2.24) is 15.5 Å². The zero-order valence-electron chi connectivity index (χ0n) is 14.1. The number of hydrogen-bond donors (Lipinski definition) is 2. The molecule has 3 aliphatic heterocycles. The van der Waals surface area contributed by atoms with Crippen molar-refractivity contribution in [3.63, 3.8) is 0 Å². The Morgan fingerprint density at radius 2 is 2.17 bits per heavy atom. The Kier molecular flexibility index (Phi) is 3.79. The Labute approximate surface area is 142 Å². The van der Waals surface area contributed by atoms with E-state index in [1.807, 2.05) is 36.1 Å². The van der Waals surface area contributed by atoms with Crippen molar-refractivity contribution in [3.05, 3.63) is 24.3 Å². The van der Waals surface area contributed by atoms with Gasteiger partial charge >= 0.3 is 6.03 Å². The molecule has 1 spiro atoms. The Morgan fingerprint density at radius 3 is 2.96 bits per heavy atom. The molecule has 1 aromatic carbocycles. The summed E-state index contributed by atoms with van der Waals surface area (Å²) in [4.78, 5) is 14.7. The Bertz CT molecular complexity index is 624. The van der Waals surface area contributed by atoms with E-state index >= 15 is 0 Å². The summed E-state index contributed by atoms with van der Waals surface area (Å²) in [6, 6.07) is 7.66. The molecule has 24 heavy (non-hydrogen) atoms. The van der Waals surface area contributed by atoms with Crippen LogP contribution in [0.15, 0.2) is 24.3 Å². The lowest BCUT2D eigenvalue weighted by atomic mass is 9.95. The van der Waals surface area contributed by atoms with Gasteiger partial charge in [-0.2, -0.15) is 0 Å². The molecule has 0 aromatic heterocycles. The van der Waals surface area contributed by atoms with Gasteiger partial charge in [0.15, 0.2) is 17.1 Å². The molecule has 0 bridgehead atoms. The average molecular weight is 331 g/mol. The first-order valence-electron chi connectivity index (χ1n) is 8.77. The Hall–Kier alpha value is -1.95. The average Bonchev–Trinajstić information content (AvgIpc) is 3.23. The van der Waals surface area contributed by atoms with Gasteiger partial charge < -0.3 is 25.0 Å². The van der Waals surface area contributed by atoms with Gasteiger partial charge in [-0.05, 0) is 44.9 Å². The number of nitrogens with zero attached hydrogens (tertiary/aromatic N) is 1. The zero-order chi connectivity index (χ0) is 16.6. The van der Waals surface area contributed by atoms with Gasteiger partial charge in [-0.1, -0.05) is 12.1 Å². The molecule has 4 rings (SSSR count). The summed E-state index contributed by atoms with van der Waals surface area (Å²) in [6.07, 6.45) is 3.22. The molecule has 3 heterocycles. The minimum absolute atomic E-state index is 0.0138. The quantitative estimate of drug-likeness (QED) is 0.867. The van der Waals surface area contributed by atoms with E-state index in [9.17, 15) is 4.79 Å². The van der Waals surface area contributed by atoms with Crippen LogP contribution < -0.4 is 20.1 Å². The Morgan fingerprint density at radius 1 is 1.33 bits per heavy atom. The van der Waals surface area contributed by atoms with Crippen LogP contribution in [0.1, 0.15) is 26.2 Å². The molecule has 1 aromatic rings. The highest BCUT2D eigenvalue weighted by Crippen LogP contribution is 2.36. The van der Waals surface area contributed by atoms with Crippen LogP contribution in [0.3, 0.4) is 0 Å². The largest absolute Gasteiger partial charge is 0.485 e. The molecule has 0 saturated carbocycles. The lowest BCUT2D eigenvalue weighted by molar-refractivity contribution is 0.00746. The number of likely N-dealkylation sites (tertiary alicyclic amines) is 1. The summed E-state index contributed by atoms with van der Waals surface area (Å²) in [5, 5.41) is 6.47. The van der Waals surface area contributed by atoms with Crippen molar-refractivity contribution in [2.45, 2.75) is 37.3 Å². The molecule has 2 unspecified atom stereocenters. The molecule has 6 heteroatoms. The molecule has 2 saturated heterocycles. The first kappa shape index (κ1) is 15.6. The van der Waals surface area contributed by atoms with Crippen LogP contribution in [0, 0.1) is 0 Å². The monoisotopic (exact) mass is 331 g/mol. The van der Waals surface area contributed by atoms with Gasteiger partial charge in [0.05, 0.1) is 12.1 Å². The maximum Gasteiger partial charge on any atom is 0.318 e. The minimum atomic E-state index is -0.551. The van der Waals surface area contributed by atoms with Crippen molar-refractivity contribution in [2.24, 2.45) is 0 Å². The molecule has 3 aliphatic rings. The molecule has 2 fully saturated rings. The molecular weight excluding hydrogens is 306 g/mol. The fourth-order valence-electron chi connectivity index (χ4n) is 4.05. The van der Waals surface area contributed by atoms with Gasteiger partial charge in [-0.25, -0.2) is 4.79 Å². The van der Waals surface area contributed by atoms with Crippen LogP contribution in [0.5, 0.6) is 11.5 Å². The summed E-state index contributed by atoms with van der Waals surface area (Å²) in [5.41, 5.74) is -0.535. The minimum Gasteiger partial charge on any atom is -0.485 e. The molecule has 6 nitrogen and oxygen atoms in total. The fourth-order valence-corrected chi connectivity index (χ4v) is 4.05. The third kappa shape index (κ3) is 2.69. The standard InChI is InChI=1S/C18H25N3O3/c1-17(13-23-14-5-2-3-6-15(14)24-17)11-20-16(22)21-10-4-7-18(21)8-9-19-12-18/h2-3,5-6,19H,4,7-13H2,1H3,(H,20,22). The molecule has 0 radical (unpaired) electrons. The van der Waals surface area contributed by atoms with Crippen molar-refractivity contribution in [1.29, 1.82) is 0 Å². The van der Waals surface area contributed by atoms with Crippen LogP contribution in [0.4, 0.5) is 4.79 Å². The molecule has 2 atom stereocenters. The van der Waals surface area contributed by atoms with E-state index in [-0.39, 0.29) is 11.6 Å². The number of para-hydroxylation sites is 2. The van der Waals surface area contributed by atoms with Gasteiger partial charge in [-0.15, -0.1) is 0 Å². The highest BCUT2D eigenvalue weighted by molar-refractivity contribution is 5.75. The molecule has 2 N–H and O–H groups in total. The summed E-state index contributed by atoms with van der Waals surface area (Å²) >= 11 is 0. The van der Waals surface area contributed by atoms with Gasteiger partial charge in [0.2, 0.25) is 0 Å². The summed E-state index contributed by atoms with van der Waals surface area (Å²) in [6.45, 7) is 5.57. The first-order chi connectivity index (χ1) is 11.6. The number of rotatable bonds is 2. The molecule has 130 valence electrons. The number of urea groups is 1. The topological polar surface area (TPSA) is 62.8 Å². The summed E-state index contributed by atoms with van der Waals surface area (Å²) in [5.74, 6) is 1.50. The second kappa shape index (κ2) is 5.84. The number of nitrogens with one attached hydrogen (secondary N) is 2. The predicted octanol–water partition coefficient (Wildman–Crippen LogP) is 1.75. The SMILES string of the molecule is CC1(CNC(=O)N2CCCC23CCNC3)COc2ccccc2O1. The third-order valence-corrected chi connectivity index (χ3v) is 5.41. The number of benzene rings is 1. The molecule has 0 aliphatic carbocycles. The predicted molar refractivity (Wildman–Crippen MR) is 90.5 cm³/mol. The third-order valence-electron chi connectivity index (χ3n) is 5.41. The number of hydrogen-bond acceptors (Lipinski definition) is 4. The van der Waals surface area contributed by atoms with Crippen LogP contribution in [-0.2, 0) is 0 Å². The molecule has 2 amide bonds. The number of carbonyl (C=O) groups excluding carboxylic acids is 1. The van der Waals surface area contributed by atoms with Crippen molar-refractivity contribution in [2.75, 3.05) is 32.8 Å². The normalized spacial score (nSPS) is 31.5. The maximum atomic E-state index is 12.7. The summed E-state index contributed by atoms with van der Waals surface area (Å²) < 4.78 is 11.9. The van der Waals surface area contributed by atoms with Crippen LogP contribution >= 0.6 is 0 Å². The smallest absolute Gasteiger partial charge is 0.318 e. The van der Waals surface area contributed by atoms with Gasteiger partial charge in [-0.3, -0.25) is 0 Å². The second-order valence-corrected chi connectivity index (χ2v) is 7.35. The van der Waals surface area contributed by atoms with E-state index in [0.29, 0.717) is 13.2 Å². The van der Waals surface area contributed by atoms with E-state index in [1.165, 1.54) is 0 Å². The van der Waals surface area contributed by atoms with Crippen molar-refractivity contribution >= 4 is 6.03 Å². The lowest BCUT2D eigenvalue weighted by Crippen LogP contribution is -2.57. The van der Waals surface area contributed by atoms with Gasteiger partial charge in [0.25, 0.3) is 0 Å². The van der Waals surface area contributed by atoms with Crippen LogP contribution in [0.2, 0.25) is 0 Å². The van der Waals surface area contributed by atoms with E-state index in [1.54, 1.807) is 0 Å². The van der Waals surface area contributed by atoms with Crippen LogP contribution in [0.25, 0.3) is 0 Å². The zero-order valence-corrected chi connectivity index (χ0v) is 14.1. The second-order valence-electron chi connectivity index (χ2n) is 7.35. The highest BCUT2D eigenvalue weighted by atomic mass is 16.6. The lowest BCUT2D eigenvalue weighted by Gasteiger charge is -2.38. The van der Waals surface area contributed by atoms with Gasteiger partial charge in [0, 0.05) is 13.1 Å².